The molecule has 0 saturated heterocycles. The summed E-state index contributed by atoms with van der Waals surface area (Å²) in [6.45, 7) is 13.1. The summed E-state index contributed by atoms with van der Waals surface area (Å²) < 4.78 is 26.9. The molecular weight excluding hydrogens is 524 g/mol. The van der Waals surface area contributed by atoms with E-state index in [1.54, 1.807) is 37.3 Å². The smallest absolute Gasteiger partial charge is 0.411 e. The van der Waals surface area contributed by atoms with Crippen LogP contribution in [-0.4, -0.2) is 45.5 Å². The van der Waals surface area contributed by atoms with E-state index < -0.39 is 17.5 Å². The molecule has 3 rings (SSSR count). The second kappa shape index (κ2) is 13.1. The third-order valence-corrected chi connectivity index (χ3v) is 8.43. The van der Waals surface area contributed by atoms with E-state index in [9.17, 15) is 14.1 Å². The molecule has 210 valence electrons. The number of alkyl carbamates (subject to hydrolysis) is 1. The van der Waals surface area contributed by atoms with Crippen molar-refractivity contribution in [3.05, 3.63) is 29.4 Å². The fraction of sp³-hybridized carbons (Fsp3) is 0.593. The summed E-state index contributed by atoms with van der Waals surface area (Å²) in [5, 5.41) is 6.72. The van der Waals surface area contributed by atoms with Crippen molar-refractivity contribution in [2.75, 3.05) is 5.32 Å². The first-order chi connectivity index (χ1) is 17.8. The second-order valence-corrected chi connectivity index (χ2v) is 13.4. The molecule has 1 saturated carbocycles. The summed E-state index contributed by atoms with van der Waals surface area (Å²) in [5.74, 6) is 0.307. The number of anilines is 1. The van der Waals surface area contributed by atoms with Crippen molar-refractivity contribution in [1.29, 1.82) is 0 Å². The van der Waals surface area contributed by atoms with Gasteiger partial charge in [-0.1, -0.05) is 0 Å². The normalized spacial score (nSPS) is 18.8. The van der Waals surface area contributed by atoms with Crippen molar-refractivity contribution < 1.29 is 23.6 Å². The van der Waals surface area contributed by atoms with E-state index in [1.165, 1.54) is 0 Å². The van der Waals surface area contributed by atoms with Crippen LogP contribution in [0.5, 0.6) is 0 Å². The van der Waals surface area contributed by atoms with E-state index in [4.69, 9.17) is 14.5 Å². The largest absolute Gasteiger partial charge is 0.593 e. The van der Waals surface area contributed by atoms with Gasteiger partial charge in [-0.15, -0.1) is 16.1 Å². The van der Waals surface area contributed by atoms with Crippen molar-refractivity contribution in [2.45, 2.75) is 109 Å². The molecule has 0 bridgehead atoms. The van der Waals surface area contributed by atoms with E-state index in [0.29, 0.717) is 16.5 Å². The highest BCUT2D eigenvalue weighted by Crippen LogP contribution is 2.40. The monoisotopic (exact) mass is 564 g/mol. The van der Waals surface area contributed by atoms with Crippen molar-refractivity contribution in [1.82, 2.24) is 15.0 Å². The molecule has 38 heavy (non-hydrogen) atoms. The van der Waals surface area contributed by atoms with Crippen LogP contribution < -0.4 is 15.4 Å². The minimum Gasteiger partial charge on any atom is -0.593 e. The Bertz CT molecular complexity index is 1090. The lowest BCUT2D eigenvalue weighted by Gasteiger charge is -2.28. The number of carbonyl (C=O) groups is 2. The highest BCUT2D eigenvalue weighted by molar-refractivity contribution is 7.89. The Hall–Kier alpha value is -2.34. The van der Waals surface area contributed by atoms with Crippen LogP contribution in [-0.2, 0) is 20.8 Å². The number of nitrogens with one attached hydrogen (secondary N) is 3. The molecule has 1 aliphatic carbocycles. The van der Waals surface area contributed by atoms with Crippen LogP contribution in [0, 0.1) is 0 Å². The number of ether oxygens (including phenoxy) is 2. The number of benzene rings is 1. The van der Waals surface area contributed by atoms with Crippen molar-refractivity contribution in [2.24, 2.45) is 0 Å². The lowest BCUT2D eigenvalue weighted by Crippen LogP contribution is -2.40. The van der Waals surface area contributed by atoms with Crippen molar-refractivity contribution >= 4 is 40.6 Å². The molecule has 2 amide bonds. The van der Waals surface area contributed by atoms with Crippen molar-refractivity contribution in [3.63, 3.8) is 0 Å². The molecule has 0 spiro atoms. The molecule has 2 aromatic rings. The first-order valence-corrected chi connectivity index (χ1v) is 15.0. The molecule has 1 aromatic carbocycles. The minimum absolute atomic E-state index is 0.108. The number of rotatable bonds is 8. The Balaban J connectivity index is 1.76. The summed E-state index contributed by atoms with van der Waals surface area (Å²) in [6, 6.07) is 5.47. The first kappa shape index (κ1) is 30.2. The maximum atomic E-state index is 13.4. The zero-order chi connectivity index (χ0) is 28.0. The SMILES string of the molecule is CC(C)OC(=O)Nc1ccc(-c2cnc([C@H]3CC[C@@H](NC(=O)OC(C)C)CC3)s2)c([S+]([O-])NC(C)(C)C)c1. The Morgan fingerprint density at radius 3 is 2.29 bits per heavy atom. The summed E-state index contributed by atoms with van der Waals surface area (Å²) in [5.41, 5.74) is 0.929. The third kappa shape index (κ3) is 9.14. The number of carbonyl (C=O) groups excluding carboxylic acids is 2. The standard InChI is InChI=1S/C27H40N4O5S2/c1-16(2)35-25(32)29-19-10-8-18(9-11-19)24-28-15-22(37-24)21-13-12-20(30-26(33)36-17(3)4)14-23(21)38(34)31-27(5,6)7/h12-19,31H,8-11H2,1-7H3,(H,29,32)(H,30,33)/t18-,19+,38?. The lowest BCUT2D eigenvalue weighted by atomic mass is 9.86. The second-order valence-electron chi connectivity index (χ2n) is 11.1. The molecule has 1 unspecified atom stereocenters. The zero-order valence-electron chi connectivity index (χ0n) is 23.3. The van der Waals surface area contributed by atoms with Gasteiger partial charge in [0.05, 0.1) is 44.6 Å². The lowest BCUT2D eigenvalue weighted by molar-refractivity contribution is 0.109. The van der Waals surface area contributed by atoms with E-state index in [2.05, 4.69) is 15.4 Å². The summed E-state index contributed by atoms with van der Waals surface area (Å²) in [4.78, 5) is 30.3. The molecule has 9 nitrogen and oxygen atoms in total. The molecule has 0 aliphatic heterocycles. The van der Waals surface area contributed by atoms with E-state index in [0.717, 1.165) is 41.1 Å². The van der Waals surface area contributed by atoms with Crippen LogP contribution >= 0.6 is 11.3 Å². The Morgan fingerprint density at radius 1 is 1.05 bits per heavy atom. The van der Waals surface area contributed by atoms with Crippen LogP contribution in [0.4, 0.5) is 15.3 Å². The fourth-order valence-electron chi connectivity index (χ4n) is 4.15. The zero-order valence-corrected chi connectivity index (χ0v) is 24.9. The number of thiazole rings is 1. The van der Waals surface area contributed by atoms with Crippen LogP contribution in [0.3, 0.4) is 0 Å². The van der Waals surface area contributed by atoms with E-state index in [-0.39, 0.29) is 29.9 Å². The molecule has 0 radical (unpaired) electrons. The molecule has 11 heteroatoms. The predicted octanol–water partition coefficient (Wildman–Crippen LogP) is 6.34. The number of amides is 2. The average molecular weight is 565 g/mol. The first-order valence-electron chi connectivity index (χ1n) is 13.0. The van der Waals surface area contributed by atoms with Gasteiger partial charge in [-0.25, -0.2) is 14.6 Å². The Labute approximate surface area is 232 Å². The van der Waals surface area contributed by atoms with Gasteiger partial charge in [0.15, 0.2) is 4.90 Å². The summed E-state index contributed by atoms with van der Waals surface area (Å²) in [6.07, 6.45) is 4.09. The quantitative estimate of drug-likeness (QED) is 0.320. The molecule has 3 N–H and O–H groups in total. The number of hydrogen-bond donors (Lipinski definition) is 3. The Morgan fingerprint density at radius 2 is 1.68 bits per heavy atom. The average Bonchev–Trinajstić information content (AvgIpc) is 3.27. The highest BCUT2D eigenvalue weighted by Gasteiger charge is 2.29. The number of hydrogen-bond acceptors (Lipinski definition) is 8. The summed E-state index contributed by atoms with van der Waals surface area (Å²) >= 11 is 0.0698. The third-order valence-electron chi connectivity index (χ3n) is 5.70. The van der Waals surface area contributed by atoms with Crippen LogP contribution in [0.25, 0.3) is 10.4 Å². The highest BCUT2D eigenvalue weighted by atomic mass is 32.2. The van der Waals surface area contributed by atoms with Gasteiger partial charge in [0.25, 0.3) is 0 Å². The molecule has 1 fully saturated rings. The Kier molecular flexibility index (Phi) is 10.4. The van der Waals surface area contributed by atoms with Crippen LogP contribution in [0.2, 0.25) is 0 Å². The van der Waals surface area contributed by atoms with Gasteiger partial charge in [-0.05, 0) is 86.3 Å². The van der Waals surface area contributed by atoms with Gasteiger partial charge < -0.3 is 19.3 Å². The number of aromatic nitrogens is 1. The van der Waals surface area contributed by atoms with Gasteiger partial charge in [-0.2, -0.15) is 0 Å². The van der Waals surface area contributed by atoms with Crippen molar-refractivity contribution in [3.8, 4) is 10.4 Å². The van der Waals surface area contributed by atoms with E-state index in [1.807, 2.05) is 46.9 Å². The molecular formula is C27H40N4O5S2. The molecule has 1 heterocycles. The van der Waals surface area contributed by atoms with Gasteiger partial charge in [-0.3, -0.25) is 5.32 Å². The van der Waals surface area contributed by atoms with Gasteiger partial charge in [0.2, 0.25) is 0 Å². The fourth-order valence-corrected chi connectivity index (χ4v) is 6.62. The minimum atomic E-state index is -1.53. The maximum Gasteiger partial charge on any atom is 0.411 e. The van der Waals surface area contributed by atoms with Crippen LogP contribution in [0.1, 0.15) is 85.1 Å². The van der Waals surface area contributed by atoms with Gasteiger partial charge in [0.1, 0.15) is 0 Å². The maximum absolute atomic E-state index is 13.4. The van der Waals surface area contributed by atoms with Crippen LogP contribution in [0.15, 0.2) is 29.3 Å². The molecule has 1 aromatic heterocycles. The summed E-state index contributed by atoms with van der Waals surface area (Å²) in [7, 11) is 0. The number of nitrogens with zero attached hydrogens (tertiary/aromatic N) is 1. The van der Waals surface area contributed by atoms with Gasteiger partial charge >= 0.3 is 12.2 Å². The van der Waals surface area contributed by atoms with Gasteiger partial charge in [0, 0.05) is 29.9 Å². The predicted molar refractivity (Wildman–Crippen MR) is 152 cm³/mol. The molecule has 1 atom stereocenters. The topological polar surface area (TPSA) is 125 Å². The van der Waals surface area contributed by atoms with E-state index >= 15 is 0 Å². The molecule has 1 aliphatic rings.